The highest BCUT2D eigenvalue weighted by Gasteiger charge is 2.11. The number of ether oxygens (including phenoxy) is 2. The number of nitrogens with one attached hydrogen (secondary N) is 1. The number of methoxy groups -OCH3 is 2. The van der Waals surface area contributed by atoms with Crippen molar-refractivity contribution in [1.29, 1.82) is 0 Å². The Kier molecular flexibility index (Phi) is 7.25. The maximum Gasteiger partial charge on any atom is 0.220 e. The van der Waals surface area contributed by atoms with Crippen molar-refractivity contribution < 1.29 is 14.3 Å². The van der Waals surface area contributed by atoms with Crippen LogP contribution in [0.25, 0.3) is 10.6 Å². The van der Waals surface area contributed by atoms with Gasteiger partial charge >= 0.3 is 0 Å². The van der Waals surface area contributed by atoms with Crippen LogP contribution in [0.5, 0.6) is 11.5 Å². The van der Waals surface area contributed by atoms with Gasteiger partial charge in [0.25, 0.3) is 0 Å². The Labute approximate surface area is 175 Å². The molecule has 0 atom stereocenters. The Morgan fingerprint density at radius 1 is 1.07 bits per heavy atom. The minimum atomic E-state index is 0.0551. The van der Waals surface area contributed by atoms with E-state index in [0.717, 1.165) is 39.5 Å². The number of rotatable bonds is 9. The molecule has 152 valence electrons. The van der Waals surface area contributed by atoms with Crippen LogP contribution in [0.4, 0.5) is 0 Å². The van der Waals surface area contributed by atoms with E-state index in [2.05, 4.69) is 22.4 Å². The third kappa shape index (κ3) is 5.57. The van der Waals surface area contributed by atoms with E-state index in [1.165, 1.54) is 0 Å². The Morgan fingerprint density at radius 3 is 2.55 bits per heavy atom. The normalized spacial score (nSPS) is 10.6. The topological polar surface area (TPSA) is 60.5 Å². The summed E-state index contributed by atoms with van der Waals surface area (Å²) >= 11 is 1.63. The number of thiazole rings is 1. The number of aromatic nitrogens is 1. The van der Waals surface area contributed by atoms with Crippen LogP contribution in [0, 0.1) is 6.92 Å². The Bertz CT molecular complexity index is 954. The average Bonchev–Trinajstić information content (AvgIpc) is 3.13. The maximum atomic E-state index is 12.2. The summed E-state index contributed by atoms with van der Waals surface area (Å²) in [6.07, 6.45) is 2.07. The highest BCUT2D eigenvalue weighted by Crippen LogP contribution is 2.29. The summed E-state index contributed by atoms with van der Waals surface area (Å²) in [4.78, 5) is 18.0. The predicted octanol–water partition coefficient (Wildman–Crippen LogP) is 4.77. The zero-order chi connectivity index (χ0) is 20.6. The van der Waals surface area contributed by atoms with E-state index in [1.807, 2.05) is 43.3 Å². The molecule has 1 amide bonds. The molecule has 0 aliphatic rings. The highest BCUT2D eigenvalue weighted by atomic mass is 32.1. The van der Waals surface area contributed by atoms with Gasteiger partial charge in [-0.1, -0.05) is 36.4 Å². The predicted molar refractivity (Wildman–Crippen MR) is 117 cm³/mol. The molecule has 0 fully saturated rings. The number of amides is 1. The summed E-state index contributed by atoms with van der Waals surface area (Å²) in [5.41, 5.74) is 3.20. The smallest absolute Gasteiger partial charge is 0.220 e. The van der Waals surface area contributed by atoms with Crippen molar-refractivity contribution in [1.82, 2.24) is 10.3 Å². The van der Waals surface area contributed by atoms with E-state index in [9.17, 15) is 4.79 Å². The molecule has 2 aromatic carbocycles. The Morgan fingerprint density at radius 2 is 1.83 bits per heavy atom. The van der Waals surface area contributed by atoms with Gasteiger partial charge in [0.15, 0.2) is 11.5 Å². The molecule has 6 heteroatoms. The summed E-state index contributed by atoms with van der Waals surface area (Å²) < 4.78 is 10.6. The molecule has 1 aromatic heterocycles. The summed E-state index contributed by atoms with van der Waals surface area (Å²) in [7, 11) is 3.25. The van der Waals surface area contributed by atoms with Gasteiger partial charge in [-0.3, -0.25) is 4.79 Å². The van der Waals surface area contributed by atoms with E-state index in [4.69, 9.17) is 9.47 Å². The molecule has 0 saturated heterocycles. The van der Waals surface area contributed by atoms with Crippen LogP contribution in [-0.2, 0) is 17.8 Å². The van der Waals surface area contributed by atoms with E-state index < -0.39 is 0 Å². The molecule has 0 bridgehead atoms. The van der Waals surface area contributed by atoms with Gasteiger partial charge < -0.3 is 14.8 Å². The fourth-order valence-electron chi connectivity index (χ4n) is 3.05. The van der Waals surface area contributed by atoms with Crippen LogP contribution in [0.15, 0.2) is 48.5 Å². The number of hydrogen-bond donors (Lipinski definition) is 1. The first-order valence-corrected chi connectivity index (χ1v) is 10.4. The first kappa shape index (κ1) is 20.9. The van der Waals surface area contributed by atoms with Gasteiger partial charge in [-0.05, 0) is 37.5 Å². The molecule has 0 aliphatic carbocycles. The summed E-state index contributed by atoms with van der Waals surface area (Å²) in [5.74, 6) is 1.48. The van der Waals surface area contributed by atoms with Crippen molar-refractivity contribution in [3.8, 4) is 22.1 Å². The molecule has 1 heterocycles. The van der Waals surface area contributed by atoms with E-state index in [0.29, 0.717) is 24.5 Å². The quantitative estimate of drug-likeness (QED) is 0.552. The van der Waals surface area contributed by atoms with Crippen molar-refractivity contribution in [2.75, 3.05) is 14.2 Å². The molecule has 0 unspecified atom stereocenters. The van der Waals surface area contributed by atoms with Crippen LogP contribution < -0.4 is 14.8 Å². The largest absolute Gasteiger partial charge is 0.493 e. The number of benzene rings is 2. The van der Waals surface area contributed by atoms with Gasteiger partial charge in [-0.2, -0.15) is 0 Å². The van der Waals surface area contributed by atoms with Crippen molar-refractivity contribution in [3.05, 3.63) is 64.7 Å². The van der Waals surface area contributed by atoms with Crippen LogP contribution in [-0.4, -0.2) is 25.1 Å². The van der Waals surface area contributed by atoms with Gasteiger partial charge in [-0.15, -0.1) is 11.3 Å². The van der Waals surface area contributed by atoms with Gasteiger partial charge in [-0.25, -0.2) is 4.98 Å². The van der Waals surface area contributed by atoms with E-state index in [1.54, 1.807) is 25.6 Å². The monoisotopic (exact) mass is 410 g/mol. The lowest BCUT2D eigenvalue weighted by Crippen LogP contribution is -2.22. The molecule has 0 spiro atoms. The van der Waals surface area contributed by atoms with Gasteiger partial charge in [0.1, 0.15) is 5.01 Å². The summed E-state index contributed by atoms with van der Waals surface area (Å²) in [5, 5.41) is 4.01. The number of carbonyl (C=O) groups excluding carboxylic acids is 1. The number of nitrogens with zero attached hydrogens (tertiary/aromatic N) is 1. The maximum absolute atomic E-state index is 12.2. The van der Waals surface area contributed by atoms with E-state index >= 15 is 0 Å². The van der Waals surface area contributed by atoms with Crippen LogP contribution in [0.1, 0.15) is 29.0 Å². The number of carbonyl (C=O) groups is 1. The zero-order valence-corrected chi connectivity index (χ0v) is 17.8. The van der Waals surface area contributed by atoms with Gasteiger partial charge in [0.2, 0.25) is 5.91 Å². The molecule has 5 nitrogen and oxygen atoms in total. The molecule has 0 radical (unpaired) electrons. The molecule has 29 heavy (non-hydrogen) atoms. The minimum Gasteiger partial charge on any atom is -0.493 e. The summed E-state index contributed by atoms with van der Waals surface area (Å²) in [6.45, 7) is 2.51. The summed E-state index contributed by atoms with van der Waals surface area (Å²) in [6, 6.07) is 16.0. The van der Waals surface area contributed by atoms with Gasteiger partial charge in [0.05, 0.1) is 26.5 Å². The first-order chi connectivity index (χ1) is 14.1. The van der Waals surface area contributed by atoms with Gasteiger partial charge in [0, 0.05) is 16.9 Å². The lowest BCUT2D eigenvalue weighted by Gasteiger charge is -2.09. The zero-order valence-electron chi connectivity index (χ0n) is 17.0. The fourth-order valence-corrected chi connectivity index (χ4v) is 4.06. The number of hydrogen-bond acceptors (Lipinski definition) is 5. The van der Waals surface area contributed by atoms with Crippen molar-refractivity contribution in [2.45, 2.75) is 32.7 Å². The fraction of sp³-hybridized carbons (Fsp3) is 0.304. The molecule has 1 N–H and O–H groups in total. The van der Waals surface area contributed by atoms with Crippen LogP contribution in [0.3, 0.4) is 0 Å². The lowest BCUT2D eigenvalue weighted by molar-refractivity contribution is -0.121. The SMILES string of the molecule is COc1ccc(CCCC(=O)NCc2sc(-c3ccccc3)nc2C)cc1OC. The van der Waals surface area contributed by atoms with Crippen molar-refractivity contribution >= 4 is 17.2 Å². The second-order valence-electron chi connectivity index (χ2n) is 6.71. The molecule has 0 aliphatic heterocycles. The highest BCUT2D eigenvalue weighted by molar-refractivity contribution is 7.15. The minimum absolute atomic E-state index is 0.0551. The Hall–Kier alpha value is -2.86. The van der Waals surface area contributed by atoms with Crippen LogP contribution >= 0.6 is 11.3 Å². The Balaban J connectivity index is 1.48. The van der Waals surface area contributed by atoms with Crippen molar-refractivity contribution in [2.24, 2.45) is 0 Å². The molecular weight excluding hydrogens is 384 g/mol. The standard InChI is InChI=1S/C23H26N2O3S/c1-16-21(29-23(25-16)18-9-5-4-6-10-18)15-24-22(26)11-7-8-17-12-13-19(27-2)20(14-17)28-3/h4-6,9-10,12-14H,7-8,11,15H2,1-3H3,(H,24,26). The lowest BCUT2D eigenvalue weighted by atomic mass is 10.1. The van der Waals surface area contributed by atoms with Crippen molar-refractivity contribution in [3.63, 3.8) is 0 Å². The first-order valence-electron chi connectivity index (χ1n) is 9.60. The molecular formula is C23H26N2O3S. The second-order valence-corrected chi connectivity index (χ2v) is 7.80. The molecule has 3 rings (SSSR count). The third-order valence-corrected chi connectivity index (χ3v) is 5.88. The number of aryl methyl sites for hydroxylation is 2. The van der Waals surface area contributed by atoms with Crippen LogP contribution in [0.2, 0.25) is 0 Å². The molecule has 0 saturated carbocycles. The van der Waals surface area contributed by atoms with E-state index in [-0.39, 0.29) is 5.91 Å². The molecule has 3 aromatic rings. The third-order valence-electron chi connectivity index (χ3n) is 4.68. The second kappa shape index (κ2) is 10.1. The average molecular weight is 411 g/mol.